The van der Waals surface area contributed by atoms with E-state index in [0.717, 1.165) is 33.4 Å². The maximum atomic E-state index is 4.95. The highest BCUT2D eigenvalue weighted by Gasteiger charge is 2.14. The summed E-state index contributed by atoms with van der Waals surface area (Å²) in [4.78, 5) is 19.0. The normalized spacial score (nSPS) is 11.1. The summed E-state index contributed by atoms with van der Waals surface area (Å²) in [7, 11) is 0. The standard InChI is InChI=1S/C46H30N4S/c1-3-10-32(11-4-1)44-48-45(33-12-5-2-6-13-33)50-46(49-44)40-19-9-17-37(28-40)35-15-7-14-34(26-35)36-16-8-18-39(27-36)42-30-51-43-21-20-38(29-41(42)43)31-22-24-47-25-23-31/h1-30H. The van der Waals surface area contributed by atoms with Gasteiger partial charge in [-0.05, 0) is 86.8 Å². The first-order valence-electron chi connectivity index (χ1n) is 16.9. The second-order valence-electron chi connectivity index (χ2n) is 12.4. The number of fused-ring (bicyclic) bond motifs is 1. The minimum Gasteiger partial charge on any atom is -0.265 e. The summed E-state index contributed by atoms with van der Waals surface area (Å²) >= 11 is 1.79. The molecule has 0 fully saturated rings. The SMILES string of the molecule is c1ccc(-c2nc(-c3ccccc3)nc(-c3cccc(-c4cccc(-c5cccc(-c6csc7ccc(-c8ccncc8)cc67)c5)c4)c3)n2)cc1. The van der Waals surface area contributed by atoms with Gasteiger partial charge in [-0.3, -0.25) is 4.98 Å². The number of hydrogen-bond acceptors (Lipinski definition) is 5. The van der Waals surface area contributed by atoms with Crippen LogP contribution in [0.1, 0.15) is 0 Å². The Bertz CT molecular complexity index is 2580. The first-order chi connectivity index (χ1) is 25.2. The van der Waals surface area contributed by atoms with Crippen molar-refractivity contribution < 1.29 is 0 Å². The Hall–Kier alpha value is -6.56. The van der Waals surface area contributed by atoms with Crippen molar-refractivity contribution >= 4 is 21.4 Å². The molecular formula is C46H30N4S. The monoisotopic (exact) mass is 670 g/mol. The van der Waals surface area contributed by atoms with Crippen molar-refractivity contribution in [3.05, 3.63) is 182 Å². The van der Waals surface area contributed by atoms with Gasteiger partial charge in [0.25, 0.3) is 0 Å². The lowest BCUT2D eigenvalue weighted by molar-refractivity contribution is 1.07. The van der Waals surface area contributed by atoms with Gasteiger partial charge in [-0.25, -0.2) is 15.0 Å². The van der Waals surface area contributed by atoms with Gasteiger partial charge in [0.05, 0.1) is 0 Å². The van der Waals surface area contributed by atoms with Gasteiger partial charge in [0, 0.05) is 44.7 Å². The maximum Gasteiger partial charge on any atom is 0.164 e. The van der Waals surface area contributed by atoms with Crippen LogP contribution in [-0.4, -0.2) is 19.9 Å². The second kappa shape index (κ2) is 13.4. The molecule has 5 heteroatoms. The summed E-state index contributed by atoms with van der Waals surface area (Å²) < 4.78 is 1.28. The number of aromatic nitrogens is 4. The maximum absolute atomic E-state index is 4.95. The number of rotatable bonds is 7. The van der Waals surface area contributed by atoms with Gasteiger partial charge in [0.2, 0.25) is 0 Å². The van der Waals surface area contributed by atoms with Crippen LogP contribution in [0.4, 0.5) is 0 Å². The third kappa shape index (κ3) is 6.23. The first kappa shape index (κ1) is 30.5. The van der Waals surface area contributed by atoms with Crippen molar-refractivity contribution in [2.24, 2.45) is 0 Å². The Labute approximate surface area is 300 Å². The number of nitrogens with zero attached hydrogens (tertiary/aromatic N) is 4. The fourth-order valence-electron chi connectivity index (χ4n) is 6.50. The molecule has 0 saturated heterocycles. The smallest absolute Gasteiger partial charge is 0.164 e. The molecule has 0 aliphatic carbocycles. The average molecular weight is 671 g/mol. The molecule has 0 N–H and O–H groups in total. The van der Waals surface area contributed by atoms with Crippen molar-refractivity contribution in [2.75, 3.05) is 0 Å². The summed E-state index contributed by atoms with van der Waals surface area (Å²) in [6.45, 7) is 0. The van der Waals surface area contributed by atoms with Crippen LogP contribution >= 0.6 is 11.3 Å². The average Bonchev–Trinajstić information content (AvgIpc) is 3.65. The van der Waals surface area contributed by atoms with Crippen LogP contribution in [0.5, 0.6) is 0 Å². The molecule has 3 heterocycles. The third-order valence-corrected chi connectivity index (χ3v) is 10.1. The summed E-state index contributed by atoms with van der Waals surface area (Å²) in [5, 5.41) is 3.54. The van der Waals surface area contributed by atoms with E-state index < -0.39 is 0 Å². The molecule has 0 radical (unpaired) electrons. The van der Waals surface area contributed by atoms with E-state index in [1.807, 2.05) is 73.1 Å². The zero-order valence-electron chi connectivity index (χ0n) is 27.5. The fraction of sp³-hybridized carbons (Fsp3) is 0. The minimum absolute atomic E-state index is 0.642. The molecule has 9 rings (SSSR count). The molecule has 0 atom stereocenters. The molecular weight excluding hydrogens is 641 g/mol. The second-order valence-corrected chi connectivity index (χ2v) is 13.3. The highest BCUT2D eigenvalue weighted by atomic mass is 32.1. The molecule has 4 nitrogen and oxygen atoms in total. The number of pyridine rings is 1. The lowest BCUT2D eigenvalue weighted by Gasteiger charge is -2.11. The molecule has 240 valence electrons. The predicted octanol–water partition coefficient (Wildman–Crippen LogP) is 12.2. The molecule has 0 spiro atoms. The molecule has 0 aliphatic rings. The Kier molecular flexibility index (Phi) is 8.01. The zero-order chi connectivity index (χ0) is 34.0. The van der Waals surface area contributed by atoms with Crippen LogP contribution in [0.15, 0.2) is 182 Å². The van der Waals surface area contributed by atoms with Gasteiger partial charge in [-0.1, -0.05) is 121 Å². The van der Waals surface area contributed by atoms with E-state index in [1.165, 1.54) is 37.9 Å². The van der Waals surface area contributed by atoms with Crippen LogP contribution in [0.2, 0.25) is 0 Å². The minimum atomic E-state index is 0.642. The van der Waals surface area contributed by atoms with Crippen LogP contribution in [0.25, 0.3) is 88.8 Å². The Morgan fingerprint density at radius 3 is 1.37 bits per heavy atom. The molecule has 0 amide bonds. The lowest BCUT2D eigenvalue weighted by Crippen LogP contribution is -2.00. The van der Waals surface area contributed by atoms with Crippen molar-refractivity contribution in [3.8, 4) is 78.7 Å². The van der Waals surface area contributed by atoms with Gasteiger partial charge in [0.15, 0.2) is 17.5 Å². The van der Waals surface area contributed by atoms with Gasteiger partial charge < -0.3 is 0 Å². The highest BCUT2D eigenvalue weighted by Crippen LogP contribution is 2.38. The van der Waals surface area contributed by atoms with Crippen LogP contribution in [0, 0.1) is 0 Å². The summed E-state index contributed by atoms with van der Waals surface area (Å²) in [6.07, 6.45) is 3.69. The molecule has 0 bridgehead atoms. The van der Waals surface area contributed by atoms with E-state index >= 15 is 0 Å². The molecule has 9 aromatic rings. The fourth-order valence-corrected chi connectivity index (χ4v) is 7.45. The molecule has 0 aliphatic heterocycles. The van der Waals surface area contributed by atoms with Crippen LogP contribution < -0.4 is 0 Å². The highest BCUT2D eigenvalue weighted by molar-refractivity contribution is 7.17. The topological polar surface area (TPSA) is 51.6 Å². The van der Waals surface area contributed by atoms with Gasteiger partial charge in [-0.15, -0.1) is 11.3 Å². The van der Waals surface area contributed by atoms with E-state index in [-0.39, 0.29) is 0 Å². The molecule has 0 unspecified atom stereocenters. The predicted molar refractivity (Wildman–Crippen MR) is 211 cm³/mol. The van der Waals surface area contributed by atoms with E-state index in [4.69, 9.17) is 15.0 Å². The Morgan fingerprint density at radius 1 is 0.333 bits per heavy atom. The Balaban J connectivity index is 1.07. The largest absolute Gasteiger partial charge is 0.265 e. The quantitative estimate of drug-likeness (QED) is 0.169. The third-order valence-electron chi connectivity index (χ3n) is 9.11. The molecule has 51 heavy (non-hydrogen) atoms. The van der Waals surface area contributed by atoms with Crippen molar-refractivity contribution in [2.45, 2.75) is 0 Å². The molecule has 0 saturated carbocycles. The summed E-state index contributed by atoms with van der Waals surface area (Å²) in [6, 6.07) is 57.1. The summed E-state index contributed by atoms with van der Waals surface area (Å²) in [5.41, 5.74) is 12.2. The van der Waals surface area contributed by atoms with Crippen molar-refractivity contribution in [1.82, 2.24) is 19.9 Å². The summed E-state index contributed by atoms with van der Waals surface area (Å²) in [5.74, 6) is 1.95. The van der Waals surface area contributed by atoms with Crippen molar-refractivity contribution in [3.63, 3.8) is 0 Å². The van der Waals surface area contributed by atoms with Crippen LogP contribution in [0.3, 0.4) is 0 Å². The molecule has 3 aromatic heterocycles. The number of hydrogen-bond donors (Lipinski definition) is 0. The van der Waals surface area contributed by atoms with E-state index in [9.17, 15) is 0 Å². The Morgan fingerprint density at radius 2 is 0.784 bits per heavy atom. The number of benzene rings is 6. The van der Waals surface area contributed by atoms with Crippen LogP contribution in [-0.2, 0) is 0 Å². The zero-order valence-corrected chi connectivity index (χ0v) is 28.3. The van der Waals surface area contributed by atoms with Crippen molar-refractivity contribution in [1.29, 1.82) is 0 Å². The lowest BCUT2D eigenvalue weighted by atomic mass is 9.95. The first-order valence-corrected chi connectivity index (χ1v) is 17.7. The van der Waals surface area contributed by atoms with E-state index in [0.29, 0.717) is 17.5 Å². The van der Waals surface area contributed by atoms with Gasteiger partial charge in [-0.2, -0.15) is 0 Å². The van der Waals surface area contributed by atoms with E-state index in [2.05, 4.69) is 113 Å². The number of thiophene rings is 1. The van der Waals surface area contributed by atoms with E-state index in [1.54, 1.807) is 11.3 Å². The molecule has 6 aromatic carbocycles. The van der Waals surface area contributed by atoms with Gasteiger partial charge >= 0.3 is 0 Å². The van der Waals surface area contributed by atoms with Gasteiger partial charge in [0.1, 0.15) is 0 Å².